The van der Waals surface area contributed by atoms with Crippen molar-refractivity contribution in [1.82, 2.24) is 19.9 Å². The van der Waals surface area contributed by atoms with Gasteiger partial charge in [-0.15, -0.1) is 0 Å². The highest BCUT2D eigenvalue weighted by atomic mass is 32.2. The number of amides is 1. The minimum atomic E-state index is -3.82. The number of nitrogens with one attached hydrogen (secondary N) is 2. The maximum absolute atomic E-state index is 12.4. The number of fused-ring (bicyclic) bond motifs is 1. The van der Waals surface area contributed by atoms with Crippen LogP contribution in [0, 0.1) is 0 Å². The van der Waals surface area contributed by atoms with Crippen LogP contribution in [0.2, 0.25) is 0 Å². The predicted molar refractivity (Wildman–Crippen MR) is 86.2 cm³/mol. The van der Waals surface area contributed by atoms with Crippen LogP contribution < -0.4 is 10.0 Å². The average Bonchev–Trinajstić information content (AvgIpc) is 3.07. The Labute approximate surface area is 138 Å². The van der Waals surface area contributed by atoms with Gasteiger partial charge in [0, 0.05) is 18.8 Å². The second-order valence-electron chi connectivity index (χ2n) is 5.51. The monoisotopic (exact) mass is 355 g/mol. The lowest BCUT2D eigenvalue weighted by Crippen LogP contribution is -2.21. The largest absolute Gasteiger partial charge is 0.351 e. The SMILES string of the molecule is CC(C)n1cnc(S(=O)(=O)Nc2nc3c(s2)C(=O)NCCC3)c1. The maximum atomic E-state index is 12.4. The summed E-state index contributed by atoms with van der Waals surface area (Å²) in [5.41, 5.74) is 0.635. The van der Waals surface area contributed by atoms with Crippen molar-refractivity contribution in [3.05, 3.63) is 23.1 Å². The van der Waals surface area contributed by atoms with Gasteiger partial charge in [0.05, 0.1) is 12.0 Å². The van der Waals surface area contributed by atoms with Crippen LogP contribution in [0.1, 0.15) is 41.7 Å². The smallest absolute Gasteiger partial charge is 0.282 e. The minimum absolute atomic E-state index is 0.0685. The van der Waals surface area contributed by atoms with Gasteiger partial charge in [0.2, 0.25) is 0 Å². The van der Waals surface area contributed by atoms with Crippen LogP contribution in [0.15, 0.2) is 17.6 Å². The number of carbonyl (C=O) groups is 1. The summed E-state index contributed by atoms with van der Waals surface area (Å²) in [7, 11) is -3.82. The van der Waals surface area contributed by atoms with Gasteiger partial charge >= 0.3 is 0 Å². The molecule has 0 aliphatic carbocycles. The number of sulfonamides is 1. The van der Waals surface area contributed by atoms with Gasteiger partial charge in [-0.3, -0.25) is 9.52 Å². The molecule has 0 bridgehead atoms. The van der Waals surface area contributed by atoms with Crippen LogP contribution in [0.25, 0.3) is 0 Å². The van der Waals surface area contributed by atoms with E-state index in [9.17, 15) is 13.2 Å². The quantitative estimate of drug-likeness (QED) is 0.862. The molecule has 1 amide bonds. The fourth-order valence-corrected chi connectivity index (χ4v) is 4.29. The fraction of sp³-hybridized carbons (Fsp3) is 0.462. The number of aromatic nitrogens is 3. The number of thiazole rings is 1. The first-order chi connectivity index (χ1) is 10.9. The molecular formula is C13H17N5O3S2. The molecule has 0 saturated heterocycles. The Bertz CT molecular complexity index is 838. The topological polar surface area (TPSA) is 106 Å². The molecule has 3 heterocycles. The lowest BCUT2D eigenvalue weighted by atomic mass is 10.2. The first-order valence-corrected chi connectivity index (χ1v) is 9.51. The van der Waals surface area contributed by atoms with Gasteiger partial charge < -0.3 is 9.88 Å². The van der Waals surface area contributed by atoms with Gasteiger partial charge in [-0.1, -0.05) is 11.3 Å². The predicted octanol–water partition coefficient (Wildman–Crippen LogP) is 1.40. The molecule has 1 aliphatic rings. The Kier molecular flexibility index (Phi) is 4.11. The molecule has 2 aromatic rings. The first-order valence-electron chi connectivity index (χ1n) is 7.21. The number of rotatable bonds is 4. The summed E-state index contributed by atoms with van der Waals surface area (Å²) in [5, 5.41) is 2.88. The summed E-state index contributed by atoms with van der Waals surface area (Å²) in [5.74, 6) is -0.204. The van der Waals surface area contributed by atoms with Crippen molar-refractivity contribution in [3.63, 3.8) is 0 Å². The maximum Gasteiger partial charge on any atom is 0.282 e. The van der Waals surface area contributed by atoms with Crippen LogP contribution >= 0.6 is 11.3 Å². The molecular weight excluding hydrogens is 338 g/mol. The molecule has 0 unspecified atom stereocenters. The zero-order chi connectivity index (χ0) is 16.6. The molecule has 0 radical (unpaired) electrons. The van der Waals surface area contributed by atoms with Crippen molar-refractivity contribution in [2.75, 3.05) is 11.3 Å². The highest BCUT2D eigenvalue weighted by Crippen LogP contribution is 2.27. The van der Waals surface area contributed by atoms with Crippen LogP contribution in [0.4, 0.5) is 5.13 Å². The van der Waals surface area contributed by atoms with Crippen molar-refractivity contribution in [3.8, 4) is 0 Å². The van der Waals surface area contributed by atoms with E-state index in [1.807, 2.05) is 13.8 Å². The Balaban J connectivity index is 1.86. The lowest BCUT2D eigenvalue weighted by molar-refractivity contribution is 0.0960. The van der Waals surface area contributed by atoms with Gasteiger partial charge in [-0.05, 0) is 26.7 Å². The van der Waals surface area contributed by atoms with Gasteiger partial charge in [0.25, 0.3) is 15.9 Å². The molecule has 0 saturated carbocycles. The van der Waals surface area contributed by atoms with E-state index in [4.69, 9.17) is 0 Å². The Hall–Kier alpha value is -1.94. The zero-order valence-electron chi connectivity index (χ0n) is 12.7. The molecule has 0 spiro atoms. The molecule has 124 valence electrons. The Morgan fingerprint density at radius 1 is 1.43 bits per heavy atom. The molecule has 23 heavy (non-hydrogen) atoms. The van der Waals surface area contributed by atoms with Crippen LogP contribution in [-0.4, -0.2) is 35.4 Å². The van der Waals surface area contributed by atoms with E-state index in [0.29, 0.717) is 23.5 Å². The lowest BCUT2D eigenvalue weighted by Gasteiger charge is -2.04. The fourth-order valence-electron chi connectivity index (χ4n) is 2.19. The summed E-state index contributed by atoms with van der Waals surface area (Å²) in [6, 6.07) is 0.117. The van der Waals surface area contributed by atoms with E-state index in [2.05, 4.69) is 20.0 Å². The second-order valence-corrected chi connectivity index (χ2v) is 8.14. The molecule has 2 aromatic heterocycles. The van der Waals surface area contributed by atoms with Crippen molar-refractivity contribution in [1.29, 1.82) is 0 Å². The standard InChI is InChI=1S/C13H17N5O3S2/c1-8(2)18-6-10(15-7-18)23(20,21)17-13-16-9-4-3-5-14-12(19)11(9)22-13/h6-8H,3-5H2,1-2H3,(H,14,19)(H,16,17). The molecule has 2 N–H and O–H groups in total. The molecule has 0 atom stereocenters. The molecule has 3 rings (SSSR count). The third-order valence-electron chi connectivity index (χ3n) is 3.45. The number of nitrogens with zero attached hydrogens (tertiary/aromatic N) is 3. The van der Waals surface area contributed by atoms with Crippen LogP contribution in [0.3, 0.4) is 0 Å². The van der Waals surface area contributed by atoms with E-state index in [1.54, 1.807) is 4.57 Å². The van der Waals surface area contributed by atoms with Gasteiger partial charge in [-0.25, -0.2) is 9.97 Å². The van der Waals surface area contributed by atoms with E-state index in [-0.39, 0.29) is 22.1 Å². The van der Waals surface area contributed by atoms with Crippen molar-refractivity contribution in [2.24, 2.45) is 0 Å². The van der Waals surface area contributed by atoms with E-state index in [1.165, 1.54) is 12.5 Å². The van der Waals surface area contributed by atoms with E-state index < -0.39 is 10.0 Å². The number of imidazole rings is 1. The Morgan fingerprint density at radius 3 is 2.91 bits per heavy atom. The Morgan fingerprint density at radius 2 is 2.22 bits per heavy atom. The minimum Gasteiger partial charge on any atom is -0.351 e. The summed E-state index contributed by atoms with van der Waals surface area (Å²) in [6.45, 7) is 4.47. The summed E-state index contributed by atoms with van der Waals surface area (Å²) in [6.07, 6.45) is 4.38. The summed E-state index contributed by atoms with van der Waals surface area (Å²) >= 11 is 1.04. The van der Waals surface area contributed by atoms with Gasteiger partial charge in [0.1, 0.15) is 4.88 Å². The molecule has 1 aliphatic heterocycles. The van der Waals surface area contributed by atoms with Crippen molar-refractivity contribution < 1.29 is 13.2 Å². The molecule has 8 nitrogen and oxygen atoms in total. The van der Waals surface area contributed by atoms with Crippen molar-refractivity contribution >= 4 is 32.4 Å². The normalized spacial score (nSPS) is 15.2. The second kappa shape index (κ2) is 5.93. The van der Waals surface area contributed by atoms with E-state index in [0.717, 1.165) is 17.8 Å². The number of carbonyl (C=O) groups excluding carboxylic acids is 1. The number of hydrogen-bond acceptors (Lipinski definition) is 6. The molecule has 0 aromatic carbocycles. The first kappa shape index (κ1) is 15.9. The third kappa shape index (κ3) is 3.22. The number of hydrogen-bond donors (Lipinski definition) is 2. The highest BCUT2D eigenvalue weighted by molar-refractivity contribution is 7.92. The molecule has 0 fully saturated rings. The number of anilines is 1. The van der Waals surface area contributed by atoms with Crippen molar-refractivity contribution in [2.45, 2.75) is 37.8 Å². The van der Waals surface area contributed by atoms with E-state index >= 15 is 0 Å². The van der Waals surface area contributed by atoms with Gasteiger partial charge in [0.15, 0.2) is 10.2 Å². The number of aryl methyl sites for hydroxylation is 1. The summed E-state index contributed by atoms with van der Waals surface area (Å²) < 4.78 is 28.9. The molecule has 10 heteroatoms. The van der Waals surface area contributed by atoms with Crippen LogP contribution in [-0.2, 0) is 16.4 Å². The average molecular weight is 355 g/mol. The van der Waals surface area contributed by atoms with Gasteiger partial charge in [-0.2, -0.15) is 8.42 Å². The summed E-state index contributed by atoms with van der Waals surface area (Å²) in [4.78, 5) is 20.5. The zero-order valence-corrected chi connectivity index (χ0v) is 14.4. The van der Waals surface area contributed by atoms with Crippen LogP contribution in [0.5, 0.6) is 0 Å². The third-order valence-corrected chi connectivity index (χ3v) is 5.82. The highest BCUT2D eigenvalue weighted by Gasteiger charge is 2.24.